The second kappa shape index (κ2) is 5.12. The predicted molar refractivity (Wildman–Crippen MR) is 74.1 cm³/mol. The zero-order chi connectivity index (χ0) is 16.3. The van der Waals surface area contributed by atoms with Crippen LogP contribution >= 0.6 is 0 Å². The van der Waals surface area contributed by atoms with E-state index in [1.807, 2.05) is 0 Å². The molecule has 5 atom stereocenters. The molecule has 2 saturated heterocycles. The number of alkyl halides is 3. The molecule has 4 nitrogen and oxygen atoms in total. The first-order valence-electron chi connectivity index (χ1n) is 7.59. The maximum Gasteiger partial charge on any atom is 0.534 e. The van der Waals surface area contributed by atoms with Gasteiger partial charge < -0.3 is 4.18 Å². The van der Waals surface area contributed by atoms with E-state index < -0.39 is 15.6 Å². The fraction of sp³-hybridized carbons (Fsp3) is 0.857. The Labute approximate surface area is 128 Å². The average Bonchev–Trinajstić information content (AvgIpc) is 2.78. The number of hydrogen-bond donors (Lipinski definition) is 0. The fourth-order valence-electron chi connectivity index (χ4n) is 4.37. The van der Waals surface area contributed by atoms with Gasteiger partial charge >= 0.3 is 15.6 Å². The minimum absolute atomic E-state index is 0.00705. The fourth-order valence-corrected chi connectivity index (χ4v) is 4.86. The summed E-state index contributed by atoms with van der Waals surface area (Å²) in [5.74, 6) is 0.824. The Bertz CT molecular complexity index is 587. The first-order chi connectivity index (χ1) is 10.1. The van der Waals surface area contributed by atoms with Gasteiger partial charge in [0.2, 0.25) is 0 Å². The van der Waals surface area contributed by atoms with Crippen LogP contribution in [0.2, 0.25) is 0 Å². The van der Waals surface area contributed by atoms with Crippen molar-refractivity contribution in [3.8, 4) is 0 Å². The van der Waals surface area contributed by atoms with E-state index >= 15 is 0 Å². The Morgan fingerprint density at radius 1 is 1.18 bits per heavy atom. The minimum atomic E-state index is -5.57. The molecular weight excluding hydrogens is 319 g/mol. The van der Waals surface area contributed by atoms with Crippen molar-refractivity contribution < 1.29 is 25.8 Å². The summed E-state index contributed by atoms with van der Waals surface area (Å²) in [6.07, 6.45) is 4.67. The van der Waals surface area contributed by atoms with E-state index in [1.165, 1.54) is 0 Å². The maximum atomic E-state index is 12.5. The van der Waals surface area contributed by atoms with Crippen LogP contribution in [0.1, 0.15) is 39.5 Å². The van der Waals surface area contributed by atoms with Gasteiger partial charge in [0.25, 0.3) is 0 Å². The van der Waals surface area contributed by atoms with Gasteiger partial charge in [0.15, 0.2) is 0 Å². The predicted octanol–water partition coefficient (Wildman–Crippen LogP) is 3.02. The molecule has 8 heteroatoms. The Morgan fingerprint density at radius 3 is 2.45 bits per heavy atom. The maximum absolute atomic E-state index is 12.5. The van der Waals surface area contributed by atoms with E-state index in [9.17, 15) is 21.6 Å². The summed E-state index contributed by atoms with van der Waals surface area (Å²) < 4.78 is 64.3. The molecule has 0 radical (unpaired) electrons. The SMILES string of the molecule is C[C@@H]1C[C@@H](C)[C@@H]2CC(OS(=O)(=O)C(F)(F)F)=C[C@@H]3CC[C@@H]1N32. The number of hydrogen-bond acceptors (Lipinski definition) is 4. The number of halogens is 3. The van der Waals surface area contributed by atoms with Gasteiger partial charge in [-0.05, 0) is 37.2 Å². The third-order valence-electron chi connectivity index (χ3n) is 5.25. The number of nitrogens with zero attached hydrogens (tertiary/aromatic N) is 1. The van der Waals surface area contributed by atoms with E-state index in [0.29, 0.717) is 17.9 Å². The van der Waals surface area contributed by atoms with Crippen LogP contribution in [-0.4, -0.2) is 37.0 Å². The molecule has 3 rings (SSSR count). The zero-order valence-electron chi connectivity index (χ0n) is 12.5. The van der Waals surface area contributed by atoms with Crippen LogP contribution in [0.15, 0.2) is 11.8 Å². The molecule has 0 bridgehead atoms. The van der Waals surface area contributed by atoms with E-state index in [4.69, 9.17) is 0 Å². The molecule has 3 heterocycles. The van der Waals surface area contributed by atoms with Gasteiger partial charge in [-0.1, -0.05) is 13.8 Å². The molecule has 0 aromatic rings. The molecule has 3 aliphatic rings. The summed E-state index contributed by atoms with van der Waals surface area (Å²) in [6, 6.07) is 0.507. The molecule has 22 heavy (non-hydrogen) atoms. The van der Waals surface area contributed by atoms with Gasteiger partial charge in [-0.25, -0.2) is 0 Å². The van der Waals surface area contributed by atoms with Crippen LogP contribution in [0.3, 0.4) is 0 Å². The lowest BCUT2D eigenvalue weighted by Gasteiger charge is -2.49. The second-order valence-electron chi connectivity index (χ2n) is 6.74. The van der Waals surface area contributed by atoms with Crippen LogP contribution in [-0.2, 0) is 14.3 Å². The van der Waals surface area contributed by atoms with Gasteiger partial charge in [-0.2, -0.15) is 21.6 Å². The normalized spacial score (nSPS) is 39.3. The van der Waals surface area contributed by atoms with Crippen molar-refractivity contribution >= 4 is 10.1 Å². The smallest absolute Gasteiger partial charge is 0.381 e. The second-order valence-corrected chi connectivity index (χ2v) is 8.28. The van der Waals surface area contributed by atoms with Crippen LogP contribution in [0.4, 0.5) is 13.2 Å². The molecule has 0 aromatic carbocycles. The average molecular weight is 339 g/mol. The Hall–Kier alpha value is -0.760. The monoisotopic (exact) mass is 339 g/mol. The Morgan fingerprint density at radius 2 is 1.82 bits per heavy atom. The highest BCUT2D eigenvalue weighted by Gasteiger charge is 2.52. The lowest BCUT2D eigenvalue weighted by molar-refractivity contribution is -0.0535. The van der Waals surface area contributed by atoms with Crippen LogP contribution < -0.4 is 0 Å². The molecule has 3 aliphatic heterocycles. The molecule has 0 spiro atoms. The van der Waals surface area contributed by atoms with Crippen molar-refractivity contribution in [1.29, 1.82) is 0 Å². The summed E-state index contributed by atoms with van der Waals surface area (Å²) in [6.45, 7) is 4.29. The van der Waals surface area contributed by atoms with Crippen molar-refractivity contribution in [2.45, 2.75) is 63.2 Å². The molecule has 0 saturated carbocycles. The van der Waals surface area contributed by atoms with Gasteiger partial charge in [-0.3, -0.25) is 4.90 Å². The highest BCUT2D eigenvalue weighted by molar-refractivity contribution is 7.87. The lowest BCUT2D eigenvalue weighted by Crippen LogP contribution is -2.55. The van der Waals surface area contributed by atoms with Gasteiger partial charge in [0.1, 0.15) is 5.76 Å². The van der Waals surface area contributed by atoms with E-state index in [-0.39, 0.29) is 24.3 Å². The van der Waals surface area contributed by atoms with Crippen LogP contribution in [0.25, 0.3) is 0 Å². The van der Waals surface area contributed by atoms with Crippen molar-refractivity contribution in [3.05, 3.63) is 11.8 Å². The van der Waals surface area contributed by atoms with Crippen molar-refractivity contribution in [2.24, 2.45) is 11.8 Å². The minimum Gasteiger partial charge on any atom is -0.381 e. The number of piperidine rings is 1. The molecular formula is C14H20F3NO3S. The standard InChI is InChI=1S/C14H20F3NO3S/c1-8-5-9(2)13-7-11(21-22(19,20)14(15,16)17)6-10-3-4-12(8)18(10)13/h6,8-10,12-13H,3-5,7H2,1-2H3/t8-,9-,10+,12+,13+/m1/s1. The molecule has 2 fully saturated rings. The number of rotatable bonds is 2. The van der Waals surface area contributed by atoms with Crippen molar-refractivity contribution in [2.75, 3.05) is 0 Å². The summed E-state index contributed by atoms with van der Waals surface area (Å²) in [7, 11) is -5.57. The molecule has 0 unspecified atom stereocenters. The largest absolute Gasteiger partial charge is 0.534 e. The lowest BCUT2D eigenvalue weighted by atomic mass is 9.78. The Kier molecular flexibility index (Phi) is 3.75. The first-order valence-corrected chi connectivity index (χ1v) is 9.00. The van der Waals surface area contributed by atoms with E-state index in [2.05, 4.69) is 22.9 Å². The highest BCUT2D eigenvalue weighted by atomic mass is 32.2. The van der Waals surface area contributed by atoms with Crippen LogP contribution in [0.5, 0.6) is 0 Å². The van der Waals surface area contributed by atoms with Crippen LogP contribution in [0, 0.1) is 11.8 Å². The highest BCUT2D eigenvalue weighted by Crippen LogP contribution is 2.46. The van der Waals surface area contributed by atoms with Crippen molar-refractivity contribution in [1.82, 2.24) is 4.90 Å². The summed E-state index contributed by atoms with van der Waals surface area (Å²) >= 11 is 0. The van der Waals surface area contributed by atoms with Gasteiger partial charge in [0, 0.05) is 24.5 Å². The summed E-state index contributed by atoms with van der Waals surface area (Å²) in [4.78, 5) is 2.37. The first kappa shape index (κ1) is 16.1. The molecule has 0 aromatic heterocycles. The molecule has 126 valence electrons. The molecule has 0 amide bonds. The molecule has 0 N–H and O–H groups in total. The summed E-state index contributed by atoms with van der Waals surface area (Å²) in [5, 5.41) is 0. The third-order valence-corrected chi connectivity index (χ3v) is 6.25. The summed E-state index contributed by atoms with van der Waals surface area (Å²) in [5.41, 5.74) is -5.38. The Balaban J connectivity index is 1.85. The van der Waals surface area contributed by atoms with E-state index in [1.54, 1.807) is 6.08 Å². The third kappa shape index (κ3) is 2.54. The van der Waals surface area contributed by atoms with E-state index in [0.717, 1.165) is 19.3 Å². The van der Waals surface area contributed by atoms with Gasteiger partial charge in [0.05, 0.1) is 0 Å². The van der Waals surface area contributed by atoms with Gasteiger partial charge in [-0.15, -0.1) is 0 Å². The quantitative estimate of drug-likeness (QED) is 0.573. The zero-order valence-corrected chi connectivity index (χ0v) is 13.3. The van der Waals surface area contributed by atoms with Crippen molar-refractivity contribution in [3.63, 3.8) is 0 Å². The topological polar surface area (TPSA) is 46.6 Å². The molecule has 0 aliphatic carbocycles.